The van der Waals surface area contributed by atoms with Crippen molar-refractivity contribution in [2.24, 2.45) is 41.4 Å². The van der Waals surface area contributed by atoms with Gasteiger partial charge in [0.15, 0.2) is 5.78 Å². The van der Waals surface area contributed by atoms with Crippen LogP contribution < -0.4 is 0 Å². The van der Waals surface area contributed by atoms with Crippen molar-refractivity contribution >= 4 is 29.2 Å². The molecule has 69 heavy (non-hydrogen) atoms. The van der Waals surface area contributed by atoms with Crippen molar-refractivity contribution in [3.05, 3.63) is 47.6 Å². The number of cyclic esters (lactones) is 1. The Hall–Kier alpha value is -3.41. The molecule has 0 aromatic rings. The van der Waals surface area contributed by atoms with Crippen LogP contribution in [0.25, 0.3) is 0 Å². The number of amides is 1. The molecule has 3 N–H and O–H groups in total. The molecule has 0 aromatic heterocycles. The van der Waals surface area contributed by atoms with E-state index in [0.717, 1.165) is 25.0 Å². The Bertz CT molecular complexity index is 2420. The Balaban J connectivity index is 1.88. The van der Waals surface area contributed by atoms with E-state index in [-0.39, 0.29) is 62.1 Å². The number of carbonyl (C=O) groups excluding carboxylic acids is 5. The first kappa shape index (κ1) is 40.1. The topological polar surface area (TPSA) is 205 Å². The Kier molecular flexibility index (Phi) is 15.9. The summed E-state index contributed by atoms with van der Waals surface area (Å²) in [5.41, 5.74) is 0.0524. The summed E-state index contributed by atoms with van der Waals surface area (Å²) < 4.78 is 151. The lowest BCUT2D eigenvalue weighted by atomic mass is 9.78. The zero-order valence-electron chi connectivity index (χ0n) is 55.5. The van der Waals surface area contributed by atoms with Crippen LogP contribution >= 0.6 is 0 Å². The average molecular weight is 986 g/mol. The van der Waals surface area contributed by atoms with Gasteiger partial charge in [-0.25, -0.2) is 4.79 Å². The molecule has 3 aliphatic heterocycles. The third kappa shape index (κ3) is 15.3. The Labute approximate surface area is 431 Å². The van der Waals surface area contributed by atoms with E-state index in [9.17, 15) is 42.0 Å². The van der Waals surface area contributed by atoms with Gasteiger partial charge in [-0.05, 0) is 106 Å². The SMILES string of the molecule is [2H]C([2H])([2H])O[C@H]1C[C@@H]2CC([2H])([2H])[C@@H](C)[C@@](O)(O2)C(=O)C(=O)N2CCCC[C@H]2C(=O)O[C@H]([C@H](C)C[C@@H]2CC[C@@H](OC([2H])([2H])C([2H])([2H])O)[C@H](OC)C2)CC(=O)[C@H](C([2H])([2H])[2H])/C=C(\C)[C@@H](O)[C@@H](OC)C(=O)[C@H](C)C([2H])(C)[C@]([2H])(C)/C=C/C=C/C=C/1C. The summed E-state index contributed by atoms with van der Waals surface area (Å²) in [5, 5.41) is 33.7. The van der Waals surface area contributed by atoms with Crippen LogP contribution in [0.5, 0.6) is 0 Å². The fraction of sp³-hybridized carbons (Fsp3) is 0.759. The molecule has 3 fully saturated rings. The molecule has 1 unspecified atom stereocenters. The lowest BCUT2D eigenvalue weighted by Gasteiger charge is -2.42. The summed E-state index contributed by atoms with van der Waals surface area (Å²) in [5.74, 6) is -19.3. The maximum atomic E-state index is 14.7. The van der Waals surface area contributed by atoms with E-state index in [4.69, 9.17) is 44.9 Å². The highest BCUT2D eigenvalue weighted by Gasteiger charge is 2.53. The first-order valence-electron chi connectivity index (χ1n) is 30.9. The quantitative estimate of drug-likeness (QED) is 0.129. The van der Waals surface area contributed by atoms with Crippen LogP contribution in [-0.2, 0) is 52.4 Å². The fourth-order valence-electron chi connectivity index (χ4n) is 9.57. The van der Waals surface area contributed by atoms with Crippen LogP contribution in [0.15, 0.2) is 47.6 Å². The minimum absolute atomic E-state index is 0.0988. The Morgan fingerprint density at radius 2 is 1.72 bits per heavy atom. The molecule has 0 aromatic carbocycles. The van der Waals surface area contributed by atoms with Gasteiger partial charge in [-0.1, -0.05) is 77.9 Å². The van der Waals surface area contributed by atoms with Gasteiger partial charge in [0.1, 0.15) is 30.1 Å². The molecule has 2 bridgehead atoms. The highest BCUT2D eigenvalue weighted by Crippen LogP contribution is 2.38. The largest absolute Gasteiger partial charge is 0.460 e. The normalized spacial score (nSPS) is 46.5. The Morgan fingerprint density at radius 1 is 0.971 bits per heavy atom. The van der Waals surface area contributed by atoms with Gasteiger partial charge in [0.05, 0.1) is 47.1 Å². The van der Waals surface area contributed by atoms with Gasteiger partial charge >= 0.3 is 5.97 Å². The van der Waals surface area contributed by atoms with Crippen molar-refractivity contribution < 1.29 is 86.9 Å². The van der Waals surface area contributed by atoms with Gasteiger partial charge in [-0.2, -0.15) is 0 Å². The van der Waals surface area contributed by atoms with Gasteiger partial charge < -0.3 is 48.6 Å². The van der Waals surface area contributed by atoms with Crippen molar-refractivity contribution in [1.82, 2.24) is 4.90 Å². The molecule has 0 radical (unpaired) electrons. The third-order valence-electron chi connectivity index (χ3n) is 14.4. The van der Waals surface area contributed by atoms with E-state index < -0.39 is 172 Å². The molecular weight excluding hydrogens is 887 g/mol. The predicted octanol–water partition coefficient (Wildman–Crippen LogP) is 6.44. The summed E-state index contributed by atoms with van der Waals surface area (Å²) >= 11 is 0. The van der Waals surface area contributed by atoms with Crippen LogP contribution in [0.3, 0.4) is 0 Å². The maximum Gasteiger partial charge on any atom is 0.329 e. The number of esters is 1. The number of rotatable bonds is 9. The molecule has 1 aliphatic carbocycles. The summed E-state index contributed by atoms with van der Waals surface area (Å²) in [6.45, 7) is -0.271. The molecule has 1 saturated carbocycles. The van der Waals surface area contributed by atoms with Crippen molar-refractivity contribution in [3.8, 4) is 0 Å². The second-order valence-corrected chi connectivity index (χ2v) is 19.1. The van der Waals surface area contributed by atoms with Gasteiger partial charge in [0.25, 0.3) is 11.7 Å². The maximum absolute atomic E-state index is 14.7. The molecule has 1 amide bonds. The molecule has 4 rings (SSSR count). The summed E-state index contributed by atoms with van der Waals surface area (Å²) in [6.07, 6.45) is -4.82. The first-order chi connectivity index (χ1) is 37.9. The zero-order chi connectivity index (χ0) is 63.4. The van der Waals surface area contributed by atoms with E-state index in [2.05, 4.69) is 0 Å². The fourth-order valence-corrected chi connectivity index (χ4v) is 9.57. The Morgan fingerprint density at radius 3 is 2.41 bits per heavy atom. The number of ether oxygens (including phenoxy) is 6. The minimum atomic E-state index is -3.37. The van der Waals surface area contributed by atoms with E-state index in [1.807, 2.05) is 0 Å². The highest BCUT2D eigenvalue weighted by molar-refractivity contribution is 6.39. The lowest BCUT2D eigenvalue weighted by molar-refractivity contribution is -0.265. The van der Waals surface area contributed by atoms with Crippen LogP contribution in [0.2, 0.25) is 0 Å². The highest BCUT2D eigenvalue weighted by atomic mass is 16.6. The van der Waals surface area contributed by atoms with E-state index in [1.54, 1.807) is 6.92 Å². The van der Waals surface area contributed by atoms with E-state index >= 15 is 0 Å². The zero-order valence-corrected chi connectivity index (χ0v) is 41.5. The number of allylic oxidation sites excluding steroid dienone is 6. The van der Waals surface area contributed by atoms with Gasteiger partial charge in [0, 0.05) is 68.0 Å². The number of aliphatic hydroxyl groups excluding tert-OH is 1. The van der Waals surface area contributed by atoms with Crippen LogP contribution in [0.4, 0.5) is 0 Å². The van der Waals surface area contributed by atoms with Crippen molar-refractivity contribution in [2.45, 2.75) is 180 Å². The summed E-state index contributed by atoms with van der Waals surface area (Å²) in [4.78, 5) is 73.6. The number of hydrogen-bond acceptors (Lipinski definition) is 14. The van der Waals surface area contributed by atoms with E-state index in [0.29, 0.717) is 6.42 Å². The smallest absolute Gasteiger partial charge is 0.329 e. The van der Waals surface area contributed by atoms with Crippen molar-refractivity contribution in [3.63, 3.8) is 0 Å². The molecule has 390 valence electrons. The van der Waals surface area contributed by atoms with Crippen molar-refractivity contribution in [2.75, 3.05) is 40.9 Å². The number of fused-ring (bicyclic) bond motifs is 3. The van der Waals surface area contributed by atoms with Gasteiger partial charge in [-0.3, -0.25) is 19.2 Å². The van der Waals surface area contributed by atoms with Crippen LogP contribution in [0, 0.1) is 41.4 Å². The molecule has 16 atom stereocenters. The number of carbonyl (C=O) groups is 5. The van der Waals surface area contributed by atoms with Gasteiger partial charge in [-0.15, -0.1) is 0 Å². The third-order valence-corrected chi connectivity index (χ3v) is 14.4. The molecule has 3 heterocycles. The number of nitrogens with zero attached hydrogens (tertiary/aromatic N) is 1. The molecule has 4 aliphatic rings. The number of hydrogen-bond donors (Lipinski definition) is 3. The number of ketones is 3. The summed E-state index contributed by atoms with van der Waals surface area (Å²) in [7, 11) is -0.595. The minimum Gasteiger partial charge on any atom is -0.460 e. The molecule has 0 spiro atoms. The summed E-state index contributed by atoms with van der Waals surface area (Å²) in [6, 6.07) is -1.56. The predicted molar refractivity (Wildman–Crippen MR) is 261 cm³/mol. The number of methoxy groups -OCH3 is 3. The average Bonchev–Trinajstić information content (AvgIpc) is 3.37. The second kappa shape index (κ2) is 27.4. The lowest BCUT2D eigenvalue weighted by Crippen LogP contribution is -2.61. The molecule has 2 saturated heterocycles. The molecular formula is C54H85NO14. The second-order valence-electron chi connectivity index (χ2n) is 19.1. The van der Waals surface area contributed by atoms with E-state index in [1.165, 1.54) is 72.1 Å². The van der Waals surface area contributed by atoms with Crippen LogP contribution in [0.1, 0.15) is 145 Å². The number of Topliss-reactive ketones (excluding diaryl/α,β-unsaturated/α-hetero) is 3. The number of piperidine rings is 1. The van der Waals surface area contributed by atoms with Crippen molar-refractivity contribution in [1.29, 1.82) is 0 Å². The standard InChI is InChI=1S/C54H85NO14/c1-32-17-13-12-14-18-33(2)45(64-9)30-41-22-20-37(6)54(63,69-41)51(60)52(61)55-24-16-15-19-42(55)53(62)68-46(35(4)28-40-21-23-44(67-26-25-56)47(29-40)65-10)31-43(57)34(3)27-36(5)48(58)50(66-11)49(59)39(8)38(32)7/h12-14,17-18,27,32,34-35,37-42,44-48,50,56,58,63H,15-16,19-26,28-31H2,1-11H3/b14-12+,17-13+,33-18+,36-27+/t32-,34-,35-,37-,38?,39-,40+,41+,42+,44-,45+,46+,47-,48-,50-,54-/m1/s1/i3D3,9D3,20D2,25D2,26D2,32D,38D. The van der Waals surface area contributed by atoms with Gasteiger partial charge in [0.2, 0.25) is 5.79 Å². The molecule has 15 nitrogen and oxygen atoms in total. The molecule has 15 heteroatoms. The first-order valence-corrected chi connectivity index (χ1v) is 23.9. The number of aliphatic hydroxyl groups is 3. The van der Waals surface area contributed by atoms with Crippen LogP contribution in [-0.4, -0.2) is 145 Å². The monoisotopic (exact) mass is 986 g/mol.